The van der Waals surface area contributed by atoms with Crippen molar-refractivity contribution < 1.29 is 9.53 Å². The fourth-order valence-corrected chi connectivity index (χ4v) is 6.78. The van der Waals surface area contributed by atoms with Crippen molar-refractivity contribution in [3.63, 3.8) is 0 Å². The van der Waals surface area contributed by atoms with Gasteiger partial charge in [0.1, 0.15) is 21.1 Å². The zero-order valence-electron chi connectivity index (χ0n) is 19.6. The summed E-state index contributed by atoms with van der Waals surface area (Å²) in [6.07, 6.45) is 3.53. The molecule has 34 heavy (non-hydrogen) atoms. The van der Waals surface area contributed by atoms with Gasteiger partial charge in [-0.05, 0) is 62.9 Å². The average molecular weight is 479 g/mol. The van der Waals surface area contributed by atoms with Crippen LogP contribution < -0.4 is 21.3 Å². The number of pyridine rings is 2. The Morgan fingerprint density at radius 2 is 2.21 bits per heavy atom. The molecule has 0 saturated carbocycles. The number of nitrogen functional groups attached to an aromatic ring is 1. The SMILES string of the molecule is CO[C@]12CCN[C@@H]1CN(c1ccc3c(n1)CC[C@H](NC(=O)c1sc4nc(C)ccc4c1N)C3)C2. The van der Waals surface area contributed by atoms with E-state index in [2.05, 4.69) is 32.7 Å². The van der Waals surface area contributed by atoms with Crippen LogP contribution in [0.25, 0.3) is 10.2 Å². The Morgan fingerprint density at radius 3 is 3.03 bits per heavy atom. The highest BCUT2D eigenvalue weighted by Gasteiger charge is 2.50. The van der Waals surface area contributed by atoms with Crippen molar-refractivity contribution in [2.24, 2.45) is 0 Å². The fourth-order valence-electron chi connectivity index (χ4n) is 5.74. The molecule has 9 heteroatoms. The van der Waals surface area contributed by atoms with Crippen molar-refractivity contribution >= 4 is 39.0 Å². The minimum atomic E-state index is -0.114. The minimum Gasteiger partial charge on any atom is -0.397 e. The van der Waals surface area contributed by atoms with Crippen LogP contribution in [0.2, 0.25) is 0 Å². The second kappa shape index (κ2) is 8.18. The van der Waals surface area contributed by atoms with Gasteiger partial charge in [0, 0.05) is 36.5 Å². The predicted octanol–water partition coefficient (Wildman–Crippen LogP) is 2.44. The lowest BCUT2D eigenvalue weighted by molar-refractivity contribution is 0.00766. The van der Waals surface area contributed by atoms with E-state index in [1.165, 1.54) is 16.9 Å². The van der Waals surface area contributed by atoms with Crippen LogP contribution in [-0.2, 0) is 17.6 Å². The normalized spacial score (nSPS) is 26.0. The highest BCUT2D eigenvalue weighted by molar-refractivity contribution is 7.21. The quantitative estimate of drug-likeness (QED) is 0.529. The van der Waals surface area contributed by atoms with Crippen LogP contribution in [0.3, 0.4) is 0 Å². The lowest BCUT2D eigenvalue weighted by Crippen LogP contribution is -2.42. The van der Waals surface area contributed by atoms with E-state index in [-0.39, 0.29) is 17.6 Å². The Bertz CT molecular complexity index is 1280. The van der Waals surface area contributed by atoms with E-state index in [0.717, 1.165) is 72.7 Å². The first-order valence-electron chi connectivity index (χ1n) is 11.9. The van der Waals surface area contributed by atoms with E-state index in [1.807, 2.05) is 26.2 Å². The molecule has 3 aliphatic rings. The number of hydrogen-bond donors (Lipinski definition) is 3. The first-order chi connectivity index (χ1) is 16.5. The number of aromatic nitrogens is 2. The molecule has 3 aromatic heterocycles. The monoisotopic (exact) mass is 478 g/mol. The zero-order valence-corrected chi connectivity index (χ0v) is 20.4. The number of methoxy groups -OCH3 is 1. The number of hydrogen-bond acceptors (Lipinski definition) is 8. The third-order valence-electron chi connectivity index (χ3n) is 7.69. The van der Waals surface area contributed by atoms with Crippen LogP contribution in [-0.4, -0.2) is 60.3 Å². The summed E-state index contributed by atoms with van der Waals surface area (Å²) in [5.41, 5.74) is 9.97. The van der Waals surface area contributed by atoms with Gasteiger partial charge in [-0.3, -0.25) is 4.79 Å². The molecule has 0 bridgehead atoms. The van der Waals surface area contributed by atoms with Crippen molar-refractivity contribution in [3.05, 3.63) is 46.1 Å². The number of fused-ring (bicyclic) bond motifs is 3. The maximum atomic E-state index is 13.0. The average Bonchev–Trinajstić information content (AvgIpc) is 3.49. The lowest BCUT2D eigenvalue weighted by Gasteiger charge is -2.28. The highest BCUT2D eigenvalue weighted by Crippen LogP contribution is 2.36. The molecule has 0 radical (unpaired) electrons. The van der Waals surface area contributed by atoms with Crippen LogP contribution >= 0.6 is 11.3 Å². The molecule has 2 fully saturated rings. The van der Waals surface area contributed by atoms with Gasteiger partial charge in [0.2, 0.25) is 0 Å². The van der Waals surface area contributed by atoms with Gasteiger partial charge in [-0.2, -0.15) is 0 Å². The summed E-state index contributed by atoms with van der Waals surface area (Å²) >= 11 is 1.36. The predicted molar refractivity (Wildman–Crippen MR) is 135 cm³/mol. The number of nitrogens with one attached hydrogen (secondary N) is 2. The van der Waals surface area contributed by atoms with Gasteiger partial charge in [-0.1, -0.05) is 6.07 Å². The summed E-state index contributed by atoms with van der Waals surface area (Å²) in [5.74, 6) is 0.909. The van der Waals surface area contributed by atoms with E-state index >= 15 is 0 Å². The summed E-state index contributed by atoms with van der Waals surface area (Å²) in [4.78, 5) is 26.3. The van der Waals surface area contributed by atoms with Crippen molar-refractivity contribution in [2.45, 2.75) is 50.3 Å². The maximum Gasteiger partial charge on any atom is 0.263 e. The number of thiophene rings is 1. The first kappa shape index (κ1) is 21.8. The third-order valence-corrected chi connectivity index (χ3v) is 8.80. The number of carbonyl (C=O) groups is 1. The number of amides is 1. The summed E-state index contributed by atoms with van der Waals surface area (Å²) in [7, 11) is 1.82. The number of ether oxygens (including phenoxy) is 1. The lowest BCUT2D eigenvalue weighted by atomic mass is 9.91. The van der Waals surface area contributed by atoms with Crippen LogP contribution in [0.5, 0.6) is 0 Å². The number of anilines is 2. The second-order valence-corrected chi connectivity index (χ2v) is 10.7. The van der Waals surface area contributed by atoms with Gasteiger partial charge in [0.05, 0.1) is 18.3 Å². The van der Waals surface area contributed by atoms with Gasteiger partial charge in [-0.25, -0.2) is 9.97 Å². The Kier molecular flexibility index (Phi) is 5.24. The molecule has 3 aromatic rings. The van der Waals surface area contributed by atoms with Crippen molar-refractivity contribution in [3.8, 4) is 0 Å². The molecule has 1 amide bonds. The summed E-state index contributed by atoms with van der Waals surface area (Å²) in [6.45, 7) is 4.75. The Balaban J connectivity index is 1.15. The Hall–Kier alpha value is -2.75. The summed E-state index contributed by atoms with van der Waals surface area (Å²) < 4.78 is 5.92. The number of nitrogens with zero attached hydrogens (tertiary/aromatic N) is 3. The van der Waals surface area contributed by atoms with E-state index in [9.17, 15) is 4.79 Å². The van der Waals surface area contributed by atoms with Crippen LogP contribution in [0.1, 0.15) is 39.5 Å². The first-order valence-corrected chi connectivity index (χ1v) is 12.8. The van der Waals surface area contributed by atoms with E-state index in [1.54, 1.807) is 0 Å². The van der Waals surface area contributed by atoms with E-state index in [0.29, 0.717) is 16.6 Å². The molecule has 3 atom stereocenters. The molecule has 2 saturated heterocycles. The molecular weight excluding hydrogens is 448 g/mol. The number of rotatable bonds is 4. The number of carbonyl (C=O) groups excluding carboxylic acids is 1. The van der Waals surface area contributed by atoms with Crippen molar-refractivity contribution in [2.75, 3.05) is 37.4 Å². The molecule has 2 aliphatic heterocycles. The van der Waals surface area contributed by atoms with E-state index in [4.69, 9.17) is 15.5 Å². The standard InChI is InChI=1S/C25H30N6O2S/c1-14-3-6-17-21(26)22(34-24(17)28-14)23(32)29-16-5-7-18-15(11-16)4-8-20(30-18)31-12-19-25(13-31,33-2)9-10-27-19/h3-4,6,8,16,19,27H,5,7,9-13,26H2,1-2H3,(H,29,32)/t16-,19+,25-/m0/s1. The fraction of sp³-hybridized carbons (Fsp3) is 0.480. The van der Waals surface area contributed by atoms with Crippen LogP contribution in [0.15, 0.2) is 24.3 Å². The maximum absolute atomic E-state index is 13.0. The molecule has 4 N–H and O–H groups in total. The van der Waals surface area contributed by atoms with Gasteiger partial charge >= 0.3 is 0 Å². The Labute approximate surface area is 202 Å². The molecule has 0 aromatic carbocycles. The van der Waals surface area contributed by atoms with Gasteiger partial charge in [0.15, 0.2) is 0 Å². The molecule has 0 unspecified atom stereocenters. The molecule has 5 heterocycles. The molecule has 8 nitrogen and oxygen atoms in total. The van der Waals surface area contributed by atoms with E-state index < -0.39 is 0 Å². The largest absolute Gasteiger partial charge is 0.397 e. The Morgan fingerprint density at radius 1 is 1.32 bits per heavy atom. The molecule has 0 spiro atoms. The van der Waals surface area contributed by atoms with Gasteiger partial charge < -0.3 is 26.0 Å². The zero-order chi connectivity index (χ0) is 23.4. The smallest absolute Gasteiger partial charge is 0.263 e. The van der Waals surface area contributed by atoms with Crippen molar-refractivity contribution in [1.82, 2.24) is 20.6 Å². The van der Waals surface area contributed by atoms with Gasteiger partial charge in [-0.15, -0.1) is 11.3 Å². The highest BCUT2D eigenvalue weighted by atomic mass is 32.1. The molecule has 1 aliphatic carbocycles. The minimum absolute atomic E-state index is 0.0686. The summed E-state index contributed by atoms with van der Waals surface area (Å²) in [5, 5.41) is 7.63. The van der Waals surface area contributed by atoms with Gasteiger partial charge in [0.25, 0.3) is 5.91 Å². The van der Waals surface area contributed by atoms with Crippen LogP contribution in [0, 0.1) is 6.92 Å². The topological polar surface area (TPSA) is 105 Å². The number of nitrogens with two attached hydrogens (primary N) is 1. The van der Waals surface area contributed by atoms with Crippen LogP contribution in [0.4, 0.5) is 11.5 Å². The third kappa shape index (κ3) is 3.54. The summed E-state index contributed by atoms with van der Waals surface area (Å²) in [6, 6.07) is 8.59. The molecular formula is C25H30N6O2S. The second-order valence-electron chi connectivity index (χ2n) is 9.74. The number of aryl methyl sites for hydroxylation is 2. The molecule has 6 rings (SSSR count). The molecule has 178 valence electrons. The van der Waals surface area contributed by atoms with Crippen molar-refractivity contribution in [1.29, 1.82) is 0 Å².